The van der Waals surface area contributed by atoms with Gasteiger partial charge in [-0.3, -0.25) is 4.79 Å². The Morgan fingerprint density at radius 2 is 2.08 bits per heavy atom. The molecule has 1 aromatic heterocycles. The van der Waals surface area contributed by atoms with Crippen molar-refractivity contribution in [3.8, 4) is 5.75 Å². The fraction of sp³-hybridized carbons (Fsp3) is 0.368. The van der Waals surface area contributed by atoms with E-state index in [-0.39, 0.29) is 29.0 Å². The first-order valence-corrected chi connectivity index (χ1v) is 8.47. The molecule has 1 fully saturated rings. The number of furan rings is 1. The third-order valence-corrected chi connectivity index (χ3v) is 4.59. The molecule has 1 aromatic carbocycles. The van der Waals surface area contributed by atoms with Crippen molar-refractivity contribution < 1.29 is 24.2 Å². The Morgan fingerprint density at radius 1 is 1.28 bits per heavy atom. The van der Waals surface area contributed by atoms with E-state index in [4.69, 9.17) is 4.42 Å². The van der Waals surface area contributed by atoms with Gasteiger partial charge in [0.25, 0.3) is 5.91 Å². The normalized spacial score (nSPS) is 17.5. The molecule has 1 unspecified atom stereocenters. The van der Waals surface area contributed by atoms with Gasteiger partial charge >= 0.3 is 5.97 Å². The lowest BCUT2D eigenvalue weighted by atomic mass is 9.94. The van der Waals surface area contributed by atoms with Crippen LogP contribution in [-0.2, 0) is 6.42 Å². The first-order chi connectivity index (χ1) is 12.0. The summed E-state index contributed by atoms with van der Waals surface area (Å²) in [6, 6.07) is 8.07. The molecule has 0 spiro atoms. The predicted molar refractivity (Wildman–Crippen MR) is 90.8 cm³/mol. The minimum atomic E-state index is -1.09. The van der Waals surface area contributed by atoms with Crippen LogP contribution < -0.4 is 0 Å². The van der Waals surface area contributed by atoms with Crippen molar-refractivity contribution in [2.75, 3.05) is 6.54 Å². The zero-order chi connectivity index (χ0) is 18.0. The average Bonchev–Trinajstić information content (AvgIpc) is 3.06. The maximum atomic E-state index is 12.9. The highest BCUT2D eigenvalue weighted by Crippen LogP contribution is 2.34. The number of carbonyl (C=O) groups excluding carboxylic acids is 1. The van der Waals surface area contributed by atoms with Crippen LogP contribution in [0.15, 0.2) is 34.7 Å². The van der Waals surface area contributed by atoms with Gasteiger partial charge in [-0.25, -0.2) is 4.79 Å². The Labute approximate surface area is 145 Å². The summed E-state index contributed by atoms with van der Waals surface area (Å²) in [6.45, 7) is 2.36. The van der Waals surface area contributed by atoms with Gasteiger partial charge in [-0.05, 0) is 37.0 Å². The first kappa shape index (κ1) is 17.1. The van der Waals surface area contributed by atoms with Crippen LogP contribution in [0, 0.1) is 0 Å². The second kappa shape index (κ2) is 7.01. The van der Waals surface area contributed by atoms with E-state index in [0.29, 0.717) is 18.7 Å². The van der Waals surface area contributed by atoms with Crippen LogP contribution in [0.2, 0.25) is 0 Å². The number of piperidine rings is 1. The van der Waals surface area contributed by atoms with Crippen molar-refractivity contribution in [2.24, 2.45) is 0 Å². The minimum absolute atomic E-state index is 0.0387. The first-order valence-electron chi connectivity index (χ1n) is 8.47. The Kier molecular flexibility index (Phi) is 4.79. The van der Waals surface area contributed by atoms with Gasteiger partial charge in [0.1, 0.15) is 17.1 Å². The third kappa shape index (κ3) is 3.38. The molecule has 2 N–H and O–H groups in total. The van der Waals surface area contributed by atoms with Gasteiger partial charge in [-0.15, -0.1) is 0 Å². The number of carboxylic acid groups (broad SMARTS) is 1. The Morgan fingerprint density at radius 3 is 2.72 bits per heavy atom. The molecule has 0 saturated carbocycles. The maximum absolute atomic E-state index is 12.9. The van der Waals surface area contributed by atoms with E-state index in [0.717, 1.165) is 24.8 Å². The lowest BCUT2D eigenvalue weighted by Crippen LogP contribution is -2.38. The molecular weight excluding hydrogens is 322 g/mol. The second-order valence-electron chi connectivity index (χ2n) is 6.21. The van der Waals surface area contributed by atoms with Crippen LogP contribution in [0.4, 0.5) is 0 Å². The third-order valence-electron chi connectivity index (χ3n) is 4.59. The van der Waals surface area contributed by atoms with Gasteiger partial charge in [-0.2, -0.15) is 0 Å². The highest BCUT2D eigenvalue weighted by atomic mass is 16.4. The highest BCUT2D eigenvalue weighted by molar-refractivity contribution is 5.96. The van der Waals surface area contributed by atoms with E-state index in [1.165, 1.54) is 6.07 Å². The molecule has 1 saturated heterocycles. The topological polar surface area (TPSA) is 91.0 Å². The van der Waals surface area contributed by atoms with Crippen LogP contribution in [0.25, 0.3) is 0 Å². The van der Waals surface area contributed by atoms with E-state index >= 15 is 0 Å². The molecule has 2 aromatic rings. The molecule has 1 amide bonds. The quantitative estimate of drug-likeness (QED) is 0.885. The number of amides is 1. The van der Waals surface area contributed by atoms with Crippen molar-refractivity contribution in [1.29, 1.82) is 0 Å². The number of likely N-dealkylation sites (tertiary alicyclic amines) is 1. The summed E-state index contributed by atoms with van der Waals surface area (Å²) < 4.78 is 5.53. The number of aromatic hydroxyl groups is 1. The van der Waals surface area contributed by atoms with Crippen LogP contribution in [0.3, 0.4) is 0 Å². The van der Waals surface area contributed by atoms with E-state index in [2.05, 4.69) is 0 Å². The van der Waals surface area contributed by atoms with Crippen molar-refractivity contribution >= 4 is 11.9 Å². The fourth-order valence-electron chi connectivity index (χ4n) is 3.37. The van der Waals surface area contributed by atoms with E-state index in [1.807, 2.05) is 6.07 Å². The molecule has 0 bridgehead atoms. The molecule has 1 aliphatic rings. The molecule has 1 atom stereocenters. The van der Waals surface area contributed by atoms with Gasteiger partial charge in [-0.1, -0.05) is 19.1 Å². The molecule has 6 heteroatoms. The number of phenolic OH excluding ortho intramolecular Hbond substituents is 1. The summed E-state index contributed by atoms with van der Waals surface area (Å²) in [4.78, 5) is 26.0. The standard InChI is InChI=1S/C19H21NO5/c1-2-16-14(19(23)24)11-17(25-16)18(22)20-9-4-3-8-15(20)12-6-5-7-13(21)10-12/h5-7,10-11,15,21H,2-4,8-9H2,1H3,(H,23,24). The number of carboxylic acids is 1. The molecule has 6 nitrogen and oxygen atoms in total. The van der Waals surface area contributed by atoms with Crippen LogP contribution in [-0.4, -0.2) is 33.5 Å². The van der Waals surface area contributed by atoms with Gasteiger partial charge in [0.05, 0.1) is 6.04 Å². The summed E-state index contributed by atoms with van der Waals surface area (Å²) in [5, 5.41) is 19.0. The molecular formula is C19H21NO5. The molecule has 132 valence electrons. The molecule has 0 radical (unpaired) electrons. The molecule has 1 aliphatic heterocycles. The van der Waals surface area contributed by atoms with Gasteiger partial charge < -0.3 is 19.5 Å². The largest absolute Gasteiger partial charge is 0.508 e. The van der Waals surface area contributed by atoms with Crippen molar-refractivity contribution in [1.82, 2.24) is 4.90 Å². The zero-order valence-electron chi connectivity index (χ0n) is 14.1. The van der Waals surface area contributed by atoms with Gasteiger partial charge in [0.15, 0.2) is 5.76 Å². The zero-order valence-corrected chi connectivity index (χ0v) is 14.1. The number of carbonyl (C=O) groups is 2. The van der Waals surface area contributed by atoms with Crippen molar-refractivity contribution in [3.63, 3.8) is 0 Å². The summed E-state index contributed by atoms with van der Waals surface area (Å²) in [5.41, 5.74) is 0.908. The number of aryl methyl sites for hydroxylation is 1. The summed E-state index contributed by atoms with van der Waals surface area (Å²) >= 11 is 0. The number of benzene rings is 1. The minimum Gasteiger partial charge on any atom is -0.508 e. The lowest BCUT2D eigenvalue weighted by molar-refractivity contribution is 0.0576. The maximum Gasteiger partial charge on any atom is 0.339 e. The second-order valence-corrected chi connectivity index (χ2v) is 6.21. The number of rotatable bonds is 4. The van der Waals surface area contributed by atoms with Gasteiger partial charge in [0, 0.05) is 19.0 Å². The number of aromatic carboxylic acids is 1. The average molecular weight is 343 g/mol. The van der Waals surface area contributed by atoms with E-state index in [9.17, 15) is 19.8 Å². The SMILES string of the molecule is CCc1oc(C(=O)N2CCCCC2c2cccc(O)c2)cc1C(=O)O. The lowest BCUT2D eigenvalue weighted by Gasteiger charge is -2.35. The number of nitrogens with zero attached hydrogens (tertiary/aromatic N) is 1. The molecule has 25 heavy (non-hydrogen) atoms. The monoisotopic (exact) mass is 343 g/mol. The van der Waals surface area contributed by atoms with Crippen LogP contribution in [0.5, 0.6) is 5.75 Å². The van der Waals surface area contributed by atoms with E-state index in [1.54, 1.807) is 30.0 Å². The summed E-state index contributed by atoms with van der Waals surface area (Å²) in [7, 11) is 0. The number of phenols is 1. The summed E-state index contributed by atoms with van der Waals surface area (Å²) in [5.74, 6) is -0.879. The number of hydrogen-bond donors (Lipinski definition) is 2. The molecule has 2 heterocycles. The molecule has 3 rings (SSSR count). The smallest absolute Gasteiger partial charge is 0.339 e. The predicted octanol–water partition coefficient (Wildman–Crippen LogP) is 3.61. The Balaban J connectivity index is 1.92. The van der Waals surface area contributed by atoms with Crippen molar-refractivity contribution in [3.05, 3.63) is 53.0 Å². The Bertz CT molecular complexity index is 795. The van der Waals surface area contributed by atoms with Crippen molar-refractivity contribution in [2.45, 2.75) is 38.6 Å². The number of hydrogen-bond acceptors (Lipinski definition) is 4. The van der Waals surface area contributed by atoms with Gasteiger partial charge in [0.2, 0.25) is 0 Å². The molecule has 0 aliphatic carbocycles. The summed E-state index contributed by atoms with van der Waals surface area (Å²) in [6.07, 6.45) is 3.07. The highest BCUT2D eigenvalue weighted by Gasteiger charge is 2.31. The van der Waals surface area contributed by atoms with Crippen LogP contribution in [0.1, 0.15) is 64.5 Å². The van der Waals surface area contributed by atoms with Crippen LogP contribution >= 0.6 is 0 Å². The van der Waals surface area contributed by atoms with E-state index < -0.39 is 5.97 Å². The Hall–Kier alpha value is -2.76. The fourth-order valence-corrected chi connectivity index (χ4v) is 3.37.